The summed E-state index contributed by atoms with van der Waals surface area (Å²) >= 11 is 6.48. The molecule has 0 radical (unpaired) electrons. The van der Waals surface area contributed by atoms with Crippen molar-refractivity contribution < 1.29 is 9.47 Å². The van der Waals surface area contributed by atoms with Gasteiger partial charge in [0.05, 0.1) is 0 Å². The van der Waals surface area contributed by atoms with Crippen LogP contribution < -0.4 is 9.47 Å². The molecule has 0 bridgehead atoms. The van der Waals surface area contributed by atoms with Gasteiger partial charge < -0.3 is 9.47 Å². The predicted molar refractivity (Wildman–Crippen MR) is 86.5 cm³/mol. The quantitative estimate of drug-likeness (QED) is 0.732. The molecule has 1 aliphatic carbocycles. The number of hydrogen-bond donors (Lipinski definition) is 0. The lowest BCUT2D eigenvalue weighted by Gasteiger charge is -2.52. The molecule has 116 valence electrons. The Morgan fingerprint density at radius 3 is 2.62 bits per heavy atom. The first-order valence-corrected chi connectivity index (χ1v) is 8.47. The number of benzene rings is 1. The van der Waals surface area contributed by atoms with E-state index in [2.05, 4.69) is 39.8 Å². The first-order chi connectivity index (χ1) is 9.92. The minimum Gasteiger partial charge on any atom is -0.486 e. The van der Waals surface area contributed by atoms with E-state index in [-0.39, 0.29) is 22.5 Å². The smallest absolute Gasteiger partial charge is 0.165 e. The summed E-state index contributed by atoms with van der Waals surface area (Å²) in [6, 6.07) is 6.22. The van der Waals surface area contributed by atoms with Gasteiger partial charge >= 0.3 is 0 Å². The molecule has 0 spiro atoms. The Labute approximate surface area is 132 Å². The molecule has 1 saturated carbocycles. The van der Waals surface area contributed by atoms with Crippen LogP contribution in [0.15, 0.2) is 18.2 Å². The molecule has 1 heterocycles. The molecular weight excluding hydrogens is 284 g/mol. The van der Waals surface area contributed by atoms with E-state index in [0.717, 1.165) is 37.2 Å². The van der Waals surface area contributed by atoms with E-state index >= 15 is 0 Å². The van der Waals surface area contributed by atoms with Crippen LogP contribution in [0.3, 0.4) is 0 Å². The van der Waals surface area contributed by atoms with E-state index in [1.54, 1.807) is 0 Å². The van der Waals surface area contributed by atoms with Gasteiger partial charge in [0.25, 0.3) is 0 Å². The van der Waals surface area contributed by atoms with E-state index in [1.165, 1.54) is 5.56 Å². The molecule has 1 aliphatic heterocycles. The molecular formula is C18H25ClO2. The summed E-state index contributed by atoms with van der Waals surface area (Å²) in [6.07, 6.45) is 4.19. The van der Waals surface area contributed by atoms with Gasteiger partial charge in [0.2, 0.25) is 0 Å². The summed E-state index contributed by atoms with van der Waals surface area (Å²) in [5.41, 5.74) is 1.22. The van der Waals surface area contributed by atoms with Crippen LogP contribution in [0, 0.1) is 5.41 Å². The lowest BCUT2D eigenvalue weighted by molar-refractivity contribution is -0.0481. The summed E-state index contributed by atoms with van der Waals surface area (Å²) in [6.45, 7) is 8.67. The minimum absolute atomic E-state index is 0.110. The molecule has 2 nitrogen and oxygen atoms in total. The topological polar surface area (TPSA) is 18.5 Å². The Hall–Kier alpha value is -0.890. The minimum atomic E-state index is -0.136. The molecule has 21 heavy (non-hydrogen) atoms. The van der Waals surface area contributed by atoms with Crippen molar-refractivity contribution in [1.82, 2.24) is 0 Å². The van der Waals surface area contributed by atoms with Crippen molar-refractivity contribution in [3.05, 3.63) is 23.8 Å². The van der Waals surface area contributed by atoms with Gasteiger partial charge in [-0.05, 0) is 32.8 Å². The standard InChI is InChI=1S/C18H25ClO2/c1-5-18(6-2)14(19)10-15(18)20-13-9-7-8-12-11-17(3,4)21-16(12)13/h7-9,14-15H,5-6,10-11H2,1-4H3. The number of halogens is 1. The first kappa shape index (κ1) is 15.0. The zero-order valence-corrected chi connectivity index (χ0v) is 14.2. The fourth-order valence-corrected chi connectivity index (χ4v) is 4.46. The van der Waals surface area contributed by atoms with Gasteiger partial charge in [0.1, 0.15) is 11.7 Å². The molecule has 2 atom stereocenters. The van der Waals surface area contributed by atoms with Crippen LogP contribution in [0.25, 0.3) is 0 Å². The Bertz CT molecular complexity index is 534. The monoisotopic (exact) mass is 308 g/mol. The van der Waals surface area contributed by atoms with Crippen molar-refractivity contribution in [1.29, 1.82) is 0 Å². The third-order valence-corrected chi connectivity index (χ3v) is 5.94. The largest absolute Gasteiger partial charge is 0.486 e. The van der Waals surface area contributed by atoms with E-state index in [1.807, 2.05) is 6.07 Å². The van der Waals surface area contributed by atoms with Gasteiger partial charge in [-0.2, -0.15) is 0 Å². The Morgan fingerprint density at radius 2 is 2.00 bits per heavy atom. The predicted octanol–water partition coefficient (Wildman–Crippen LogP) is 4.97. The normalized spacial score (nSPS) is 28.4. The number of fused-ring (bicyclic) bond motifs is 1. The SMILES string of the molecule is CCC1(CC)C(Cl)CC1Oc1cccc2c1OC(C)(C)C2. The zero-order chi connectivity index (χ0) is 15.3. The third-order valence-electron chi connectivity index (χ3n) is 5.33. The van der Waals surface area contributed by atoms with Crippen molar-refractivity contribution >= 4 is 11.6 Å². The van der Waals surface area contributed by atoms with Gasteiger partial charge in [-0.1, -0.05) is 26.0 Å². The highest BCUT2D eigenvalue weighted by Gasteiger charge is 2.53. The average molecular weight is 309 g/mol. The molecule has 0 aromatic heterocycles. The van der Waals surface area contributed by atoms with E-state index in [0.29, 0.717) is 0 Å². The highest BCUT2D eigenvalue weighted by atomic mass is 35.5. The van der Waals surface area contributed by atoms with Gasteiger partial charge in [-0.3, -0.25) is 0 Å². The average Bonchev–Trinajstić information content (AvgIpc) is 2.74. The molecule has 2 aliphatic rings. The Kier molecular flexibility index (Phi) is 3.64. The van der Waals surface area contributed by atoms with Gasteiger partial charge in [0, 0.05) is 29.2 Å². The van der Waals surface area contributed by atoms with Crippen molar-refractivity contribution in [3.8, 4) is 11.5 Å². The van der Waals surface area contributed by atoms with Gasteiger partial charge in [-0.15, -0.1) is 11.6 Å². The van der Waals surface area contributed by atoms with Crippen molar-refractivity contribution in [2.75, 3.05) is 0 Å². The fourth-order valence-electron chi connectivity index (χ4n) is 3.85. The summed E-state index contributed by atoms with van der Waals surface area (Å²) in [4.78, 5) is 0. The molecule has 1 aromatic carbocycles. The fraction of sp³-hybridized carbons (Fsp3) is 0.667. The summed E-state index contributed by atoms with van der Waals surface area (Å²) in [5.74, 6) is 1.82. The second kappa shape index (κ2) is 5.08. The maximum Gasteiger partial charge on any atom is 0.165 e. The van der Waals surface area contributed by atoms with Crippen molar-refractivity contribution in [2.24, 2.45) is 5.41 Å². The second-order valence-corrected chi connectivity index (χ2v) is 7.56. The number of rotatable bonds is 4. The number of ether oxygens (including phenoxy) is 2. The van der Waals surface area contributed by atoms with Crippen LogP contribution in [-0.4, -0.2) is 17.1 Å². The Balaban J connectivity index is 1.84. The van der Waals surface area contributed by atoms with Crippen LogP contribution >= 0.6 is 11.6 Å². The molecule has 3 rings (SSSR count). The van der Waals surface area contributed by atoms with Crippen LogP contribution in [0.1, 0.15) is 52.5 Å². The maximum absolute atomic E-state index is 6.48. The molecule has 0 amide bonds. The third kappa shape index (κ3) is 2.32. The summed E-state index contributed by atoms with van der Waals surface area (Å²) in [7, 11) is 0. The second-order valence-electron chi connectivity index (χ2n) is 7.03. The van der Waals surface area contributed by atoms with E-state index in [9.17, 15) is 0 Å². The summed E-state index contributed by atoms with van der Waals surface area (Å²) in [5, 5.41) is 0.228. The van der Waals surface area contributed by atoms with E-state index < -0.39 is 0 Å². The van der Waals surface area contributed by atoms with Gasteiger partial charge in [0.15, 0.2) is 11.5 Å². The highest BCUT2D eigenvalue weighted by Crippen LogP contribution is 2.53. The lowest BCUT2D eigenvalue weighted by Crippen LogP contribution is -2.56. The van der Waals surface area contributed by atoms with Gasteiger partial charge in [-0.25, -0.2) is 0 Å². The molecule has 1 fully saturated rings. The van der Waals surface area contributed by atoms with Crippen LogP contribution in [0.5, 0.6) is 11.5 Å². The van der Waals surface area contributed by atoms with Crippen LogP contribution in [0.4, 0.5) is 0 Å². The summed E-state index contributed by atoms with van der Waals surface area (Å²) < 4.78 is 12.4. The molecule has 0 saturated heterocycles. The molecule has 3 heteroatoms. The lowest BCUT2D eigenvalue weighted by atomic mass is 9.62. The van der Waals surface area contributed by atoms with Crippen LogP contribution in [-0.2, 0) is 6.42 Å². The molecule has 1 aromatic rings. The molecule has 2 unspecified atom stereocenters. The first-order valence-electron chi connectivity index (χ1n) is 8.03. The molecule has 0 N–H and O–H groups in total. The number of hydrogen-bond acceptors (Lipinski definition) is 2. The Morgan fingerprint density at radius 1 is 1.29 bits per heavy atom. The highest BCUT2D eigenvalue weighted by molar-refractivity contribution is 6.21. The van der Waals surface area contributed by atoms with Crippen molar-refractivity contribution in [2.45, 2.75) is 70.5 Å². The van der Waals surface area contributed by atoms with Crippen molar-refractivity contribution in [3.63, 3.8) is 0 Å². The maximum atomic E-state index is 6.48. The van der Waals surface area contributed by atoms with Crippen LogP contribution in [0.2, 0.25) is 0 Å². The number of para-hydroxylation sites is 1. The zero-order valence-electron chi connectivity index (χ0n) is 13.4. The number of alkyl halides is 1. The van der Waals surface area contributed by atoms with E-state index in [4.69, 9.17) is 21.1 Å².